The summed E-state index contributed by atoms with van der Waals surface area (Å²) >= 11 is 1.36. The largest absolute Gasteiger partial charge is 0.496 e. The Kier molecular flexibility index (Phi) is 5.09. The van der Waals surface area contributed by atoms with E-state index in [1.54, 1.807) is 0 Å². The minimum Gasteiger partial charge on any atom is -0.496 e. The number of carbonyl (C=O) groups is 1. The summed E-state index contributed by atoms with van der Waals surface area (Å²) in [5.74, 6) is 0.881. The summed E-state index contributed by atoms with van der Waals surface area (Å²) in [5, 5.41) is 0.339. The van der Waals surface area contributed by atoms with Gasteiger partial charge in [-0.05, 0) is 20.3 Å². The number of thioether (sulfide) groups is 1. The number of hydrogen-bond acceptors (Lipinski definition) is 5. The van der Waals surface area contributed by atoms with E-state index in [4.69, 9.17) is 9.47 Å². The van der Waals surface area contributed by atoms with E-state index in [1.807, 2.05) is 13.8 Å². The van der Waals surface area contributed by atoms with Crippen LogP contribution < -0.4 is 0 Å². The van der Waals surface area contributed by atoms with E-state index in [2.05, 4.69) is 4.90 Å². The molecular weight excluding hydrogens is 250 g/mol. The Morgan fingerprint density at radius 1 is 1.44 bits per heavy atom. The molecule has 5 heteroatoms. The second-order valence-electron chi connectivity index (χ2n) is 4.69. The Labute approximate surface area is 113 Å². The number of rotatable bonds is 5. The first-order valence-corrected chi connectivity index (χ1v) is 7.41. The molecular formula is C13H21NO3S. The average molecular weight is 271 g/mol. The molecule has 4 nitrogen and oxygen atoms in total. The molecule has 1 fully saturated rings. The molecule has 1 unspecified atom stereocenters. The Morgan fingerprint density at radius 3 is 2.78 bits per heavy atom. The highest BCUT2D eigenvalue weighted by Gasteiger charge is 2.28. The molecule has 0 bridgehead atoms. The molecule has 0 aromatic carbocycles. The normalized spacial score (nSPS) is 25.9. The number of morpholine rings is 1. The lowest BCUT2D eigenvalue weighted by Gasteiger charge is -2.26. The second-order valence-corrected chi connectivity index (χ2v) is 6.01. The predicted molar refractivity (Wildman–Crippen MR) is 72.6 cm³/mol. The minimum absolute atomic E-state index is 0.158. The van der Waals surface area contributed by atoms with Crippen LogP contribution in [0.5, 0.6) is 0 Å². The zero-order chi connectivity index (χ0) is 13.0. The zero-order valence-corrected chi connectivity index (χ0v) is 11.9. The van der Waals surface area contributed by atoms with Crippen LogP contribution in [0.1, 0.15) is 20.3 Å². The fourth-order valence-electron chi connectivity index (χ4n) is 2.23. The van der Waals surface area contributed by atoms with Crippen LogP contribution in [-0.2, 0) is 14.3 Å². The molecule has 2 heterocycles. The summed E-state index contributed by atoms with van der Waals surface area (Å²) in [5.41, 5.74) is 0.791. The molecule has 0 amide bonds. The summed E-state index contributed by atoms with van der Waals surface area (Å²) in [6, 6.07) is 0. The van der Waals surface area contributed by atoms with Crippen LogP contribution in [-0.4, -0.2) is 54.7 Å². The highest BCUT2D eigenvalue weighted by Crippen LogP contribution is 2.33. The lowest BCUT2D eigenvalue weighted by atomic mass is 10.2. The fraction of sp³-hybridized carbons (Fsp3) is 0.769. The third kappa shape index (κ3) is 3.49. The Balaban J connectivity index is 1.67. The Bertz CT molecular complexity index is 337. The van der Waals surface area contributed by atoms with Gasteiger partial charge in [-0.2, -0.15) is 0 Å². The Morgan fingerprint density at radius 2 is 2.17 bits per heavy atom. The van der Waals surface area contributed by atoms with Crippen molar-refractivity contribution in [1.82, 2.24) is 4.90 Å². The SMILES string of the molecule is CC1=C(OCCCN2CCOCC2)C(C)SC1=O. The highest BCUT2D eigenvalue weighted by atomic mass is 32.2. The van der Waals surface area contributed by atoms with Crippen molar-refractivity contribution in [2.75, 3.05) is 39.5 Å². The van der Waals surface area contributed by atoms with Crippen molar-refractivity contribution in [3.8, 4) is 0 Å². The molecule has 1 atom stereocenters. The molecule has 2 aliphatic rings. The van der Waals surface area contributed by atoms with E-state index >= 15 is 0 Å². The molecule has 102 valence electrons. The number of carbonyl (C=O) groups excluding carboxylic acids is 1. The van der Waals surface area contributed by atoms with Crippen molar-refractivity contribution in [3.05, 3.63) is 11.3 Å². The molecule has 2 rings (SSSR count). The molecule has 0 spiro atoms. The van der Waals surface area contributed by atoms with Crippen LogP contribution in [0.3, 0.4) is 0 Å². The second kappa shape index (κ2) is 6.59. The van der Waals surface area contributed by atoms with E-state index in [9.17, 15) is 4.79 Å². The predicted octanol–water partition coefficient (Wildman–Crippen LogP) is 1.66. The van der Waals surface area contributed by atoms with Crippen LogP contribution >= 0.6 is 11.8 Å². The average Bonchev–Trinajstić information content (AvgIpc) is 2.61. The maximum atomic E-state index is 11.5. The summed E-state index contributed by atoms with van der Waals surface area (Å²) in [7, 11) is 0. The highest BCUT2D eigenvalue weighted by molar-refractivity contribution is 8.15. The molecule has 0 aromatic rings. The smallest absolute Gasteiger partial charge is 0.219 e. The van der Waals surface area contributed by atoms with Gasteiger partial charge in [0.25, 0.3) is 0 Å². The topological polar surface area (TPSA) is 38.8 Å². The van der Waals surface area contributed by atoms with Crippen molar-refractivity contribution < 1.29 is 14.3 Å². The molecule has 0 aliphatic carbocycles. The van der Waals surface area contributed by atoms with Gasteiger partial charge in [0.1, 0.15) is 5.76 Å². The van der Waals surface area contributed by atoms with E-state index in [-0.39, 0.29) is 10.4 Å². The van der Waals surface area contributed by atoms with Gasteiger partial charge in [-0.3, -0.25) is 9.69 Å². The van der Waals surface area contributed by atoms with Crippen molar-refractivity contribution in [2.24, 2.45) is 0 Å². The molecule has 1 saturated heterocycles. The number of hydrogen-bond donors (Lipinski definition) is 0. The summed E-state index contributed by atoms with van der Waals surface area (Å²) in [6.45, 7) is 9.35. The first kappa shape index (κ1) is 13.9. The van der Waals surface area contributed by atoms with Crippen LogP contribution in [0.2, 0.25) is 0 Å². The first-order valence-electron chi connectivity index (χ1n) is 6.53. The number of nitrogens with zero attached hydrogens (tertiary/aromatic N) is 1. The zero-order valence-electron chi connectivity index (χ0n) is 11.1. The monoisotopic (exact) mass is 271 g/mol. The van der Waals surface area contributed by atoms with Gasteiger partial charge in [-0.25, -0.2) is 0 Å². The first-order chi connectivity index (χ1) is 8.68. The third-order valence-electron chi connectivity index (χ3n) is 3.31. The van der Waals surface area contributed by atoms with Crippen molar-refractivity contribution in [2.45, 2.75) is 25.5 Å². The van der Waals surface area contributed by atoms with Gasteiger partial charge in [0.05, 0.1) is 25.1 Å². The van der Waals surface area contributed by atoms with Gasteiger partial charge >= 0.3 is 0 Å². The van der Waals surface area contributed by atoms with Crippen LogP contribution in [0.25, 0.3) is 0 Å². The lowest BCUT2D eigenvalue weighted by Crippen LogP contribution is -2.37. The summed E-state index contributed by atoms with van der Waals surface area (Å²) in [6.07, 6.45) is 1.00. The van der Waals surface area contributed by atoms with Crippen molar-refractivity contribution in [3.63, 3.8) is 0 Å². The third-order valence-corrected chi connectivity index (χ3v) is 4.40. The van der Waals surface area contributed by atoms with Crippen molar-refractivity contribution >= 4 is 16.9 Å². The van der Waals surface area contributed by atoms with Crippen molar-refractivity contribution in [1.29, 1.82) is 0 Å². The molecule has 0 aromatic heterocycles. The fourth-order valence-corrected chi connectivity index (χ4v) is 3.18. The molecule has 0 saturated carbocycles. The van der Waals surface area contributed by atoms with Crippen LogP contribution in [0, 0.1) is 0 Å². The molecule has 18 heavy (non-hydrogen) atoms. The van der Waals surface area contributed by atoms with E-state index < -0.39 is 0 Å². The van der Waals surface area contributed by atoms with Gasteiger partial charge < -0.3 is 9.47 Å². The van der Waals surface area contributed by atoms with Gasteiger partial charge in [-0.1, -0.05) is 11.8 Å². The van der Waals surface area contributed by atoms with Crippen LogP contribution in [0.15, 0.2) is 11.3 Å². The van der Waals surface area contributed by atoms with Gasteiger partial charge in [0.2, 0.25) is 5.12 Å². The summed E-state index contributed by atoms with van der Waals surface area (Å²) < 4.78 is 11.1. The molecule has 0 N–H and O–H groups in total. The standard InChI is InChI=1S/C13H21NO3S/c1-10-12(11(2)18-13(10)15)17-7-3-4-14-5-8-16-9-6-14/h11H,3-9H2,1-2H3. The molecule has 0 radical (unpaired) electrons. The van der Waals surface area contributed by atoms with Gasteiger partial charge in [-0.15, -0.1) is 0 Å². The molecule has 2 aliphatic heterocycles. The maximum absolute atomic E-state index is 11.5. The maximum Gasteiger partial charge on any atom is 0.219 e. The van der Waals surface area contributed by atoms with E-state index in [1.165, 1.54) is 11.8 Å². The van der Waals surface area contributed by atoms with Gasteiger partial charge in [0.15, 0.2) is 0 Å². The minimum atomic E-state index is 0.158. The van der Waals surface area contributed by atoms with E-state index in [0.29, 0.717) is 6.61 Å². The van der Waals surface area contributed by atoms with Crippen LogP contribution in [0.4, 0.5) is 0 Å². The number of ether oxygens (including phenoxy) is 2. The summed E-state index contributed by atoms with van der Waals surface area (Å²) in [4.78, 5) is 13.9. The quantitative estimate of drug-likeness (QED) is 0.711. The van der Waals surface area contributed by atoms with Gasteiger partial charge in [0, 0.05) is 25.2 Å². The lowest BCUT2D eigenvalue weighted by molar-refractivity contribution is -0.107. The Hall–Kier alpha value is -0.520. The van der Waals surface area contributed by atoms with E-state index in [0.717, 1.165) is 50.6 Å².